The van der Waals surface area contributed by atoms with Gasteiger partial charge in [0, 0.05) is 30.7 Å². The van der Waals surface area contributed by atoms with Crippen LogP contribution >= 0.6 is 15.9 Å². The van der Waals surface area contributed by atoms with Crippen molar-refractivity contribution in [1.29, 1.82) is 0 Å². The van der Waals surface area contributed by atoms with Crippen molar-refractivity contribution in [3.05, 3.63) is 52.9 Å². The first kappa shape index (κ1) is 19.7. The SMILES string of the molecule is O=C(CN1CCN(S(=O)(=O)c2ccc(Br)cc2)CC1)N/N=C\c1ccco1. The summed E-state index contributed by atoms with van der Waals surface area (Å²) in [6.45, 7) is 1.78. The summed E-state index contributed by atoms with van der Waals surface area (Å²) < 4.78 is 32.7. The van der Waals surface area contributed by atoms with E-state index in [4.69, 9.17) is 4.42 Å². The minimum absolute atomic E-state index is 0.154. The Kier molecular flexibility index (Phi) is 6.42. The number of carbonyl (C=O) groups excluding carboxylic acids is 1. The molecule has 1 aliphatic rings. The standard InChI is InChI=1S/C17H19BrN4O4S/c18-14-3-5-16(6-4-14)27(24,25)22-9-7-21(8-10-22)13-17(23)20-19-12-15-2-1-11-26-15/h1-6,11-12H,7-10,13H2,(H,20,23)/b19-12-. The molecular formula is C17H19BrN4O4S. The Labute approximate surface area is 166 Å². The molecule has 0 saturated carbocycles. The molecule has 1 aromatic heterocycles. The Bertz CT molecular complexity index is 890. The summed E-state index contributed by atoms with van der Waals surface area (Å²) in [7, 11) is -3.52. The number of amides is 1. The molecule has 0 unspecified atom stereocenters. The highest BCUT2D eigenvalue weighted by molar-refractivity contribution is 9.10. The second kappa shape index (κ2) is 8.79. The molecule has 1 amide bonds. The number of hydrazone groups is 1. The Morgan fingerprint density at radius 2 is 1.89 bits per heavy atom. The summed E-state index contributed by atoms with van der Waals surface area (Å²) in [6, 6.07) is 10.0. The molecule has 0 atom stereocenters. The van der Waals surface area contributed by atoms with Gasteiger partial charge in [-0.25, -0.2) is 13.8 Å². The van der Waals surface area contributed by atoms with E-state index in [2.05, 4.69) is 26.5 Å². The number of sulfonamides is 1. The molecule has 1 fully saturated rings. The zero-order valence-corrected chi connectivity index (χ0v) is 16.8. The molecule has 1 aliphatic heterocycles. The molecule has 2 aromatic rings. The quantitative estimate of drug-likeness (QED) is 0.526. The molecule has 0 radical (unpaired) electrons. The molecular weight excluding hydrogens is 436 g/mol. The molecule has 1 saturated heterocycles. The van der Waals surface area contributed by atoms with Crippen LogP contribution in [0, 0.1) is 0 Å². The summed E-state index contributed by atoms with van der Waals surface area (Å²) in [4.78, 5) is 14.1. The number of nitrogens with one attached hydrogen (secondary N) is 1. The van der Waals surface area contributed by atoms with Crippen molar-refractivity contribution >= 4 is 38.1 Å². The smallest absolute Gasteiger partial charge is 0.254 e. The van der Waals surface area contributed by atoms with E-state index in [1.807, 2.05) is 4.90 Å². The molecule has 8 nitrogen and oxygen atoms in total. The van der Waals surface area contributed by atoms with Crippen molar-refractivity contribution in [2.24, 2.45) is 5.10 Å². The number of hydrogen-bond donors (Lipinski definition) is 1. The van der Waals surface area contributed by atoms with Gasteiger partial charge in [0.2, 0.25) is 10.0 Å². The summed E-state index contributed by atoms with van der Waals surface area (Å²) in [5.74, 6) is 0.282. The van der Waals surface area contributed by atoms with Crippen molar-refractivity contribution < 1.29 is 17.6 Å². The van der Waals surface area contributed by atoms with E-state index in [0.717, 1.165) is 4.47 Å². The van der Waals surface area contributed by atoms with Gasteiger partial charge in [0.1, 0.15) is 5.76 Å². The van der Waals surface area contributed by atoms with E-state index in [-0.39, 0.29) is 17.3 Å². The third-order valence-electron chi connectivity index (χ3n) is 4.07. The highest BCUT2D eigenvalue weighted by Crippen LogP contribution is 2.20. The topological polar surface area (TPSA) is 95.2 Å². The molecule has 27 heavy (non-hydrogen) atoms. The van der Waals surface area contributed by atoms with E-state index in [9.17, 15) is 13.2 Å². The highest BCUT2D eigenvalue weighted by atomic mass is 79.9. The van der Waals surface area contributed by atoms with Crippen LogP contribution in [0.25, 0.3) is 0 Å². The molecule has 1 N–H and O–H groups in total. The number of rotatable bonds is 6. The van der Waals surface area contributed by atoms with Crippen LogP contribution in [0.5, 0.6) is 0 Å². The number of nitrogens with zero attached hydrogens (tertiary/aromatic N) is 3. The van der Waals surface area contributed by atoms with Gasteiger partial charge >= 0.3 is 0 Å². The first-order valence-electron chi connectivity index (χ1n) is 8.28. The minimum atomic E-state index is -3.52. The van der Waals surface area contributed by atoms with Gasteiger partial charge in [-0.1, -0.05) is 15.9 Å². The van der Waals surface area contributed by atoms with Crippen LogP contribution in [0.2, 0.25) is 0 Å². The normalized spacial score (nSPS) is 16.6. The first-order valence-corrected chi connectivity index (χ1v) is 10.5. The van der Waals surface area contributed by atoms with Crippen molar-refractivity contribution in [1.82, 2.24) is 14.6 Å². The average Bonchev–Trinajstić information content (AvgIpc) is 3.16. The van der Waals surface area contributed by atoms with Gasteiger partial charge in [0.15, 0.2) is 0 Å². The van der Waals surface area contributed by atoms with Gasteiger partial charge in [0.25, 0.3) is 5.91 Å². The maximum absolute atomic E-state index is 12.7. The van der Waals surface area contributed by atoms with E-state index < -0.39 is 10.0 Å². The fraction of sp³-hybridized carbons (Fsp3) is 0.294. The van der Waals surface area contributed by atoms with Crippen LogP contribution < -0.4 is 5.43 Å². The summed E-state index contributed by atoms with van der Waals surface area (Å²) in [5, 5.41) is 3.83. The van der Waals surface area contributed by atoms with E-state index in [1.54, 1.807) is 36.4 Å². The molecule has 0 aliphatic carbocycles. The lowest BCUT2D eigenvalue weighted by Gasteiger charge is -2.33. The molecule has 1 aromatic carbocycles. The number of piperazine rings is 1. The molecule has 144 valence electrons. The molecule has 0 spiro atoms. The lowest BCUT2D eigenvalue weighted by molar-refractivity contribution is -0.122. The van der Waals surface area contributed by atoms with Crippen LogP contribution in [-0.2, 0) is 14.8 Å². The summed E-state index contributed by atoms with van der Waals surface area (Å²) >= 11 is 3.30. The number of hydrogen-bond acceptors (Lipinski definition) is 6. The van der Waals surface area contributed by atoms with Gasteiger partial charge in [-0.3, -0.25) is 9.69 Å². The van der Waals surface area contributed by atoms with Crippen molar-refractivity contribution in [2.45, 2.75) is 4.90 Å². The Balaban J connectivity index is 1.48. The largest absolute Gasteiger partial charge is 0.463 e. The second-order valence-corrected chi connectivity index (χ2v) is 8.80. The summed E-state index contributed by atoms with van der Waals surface area (Å²) in [6.07, 6.45) is 2.94. The number of benzene rings is 1. The molecule has 10 heteroatoms. The van der Waals surface area contributed by atoms with Crippen molar-refractivity contribution in [3.63, 3.8) is 0 Å². The number of furan rings is 1. The lowest BCUT2D eigenvalue weighted by atomic mass is 10.3. The van der Waals surface area contributed by atoms with Crippen LogP contribution in [0.1, 0.15) is 5.76 Å². The van der Waals surface area contributed by atoms with Crippen LogP contribution in [0.15, 0.2) is 61.5 Å². The van der Waals surface area contributed by atoms with E-state index in [0.29, 0.717) is 31.9 Å². The van der Waals surface area contributed by atoms with Gasteiger partial charge < -0.3 is 4.42 Å². The molecule has 3 rings (SSSR count). The fourth-order valence-corrected chi connectivity index (χ4v) is 4.34. The van der Waals surface area contributed by atoms with Crippen molar-refractivity contribution in [3.8, 4) is 0 Å². The van der Waals surface area contributed by atoms with Gasteiger partial charge in [0.05, 0.1) is 23.9 Å². The van der Waals surface area contributed by atoms with Gasteiger partial charge in [-0.2, -0.15) is 9.41 Å². The zero-order valence-electron chi connectivity index (χ0n) is 14.4. The van der Waals surface area contributed by atoms with E-state index >= 15 is 0 Å². The predicted octanol–water partition coefficient (Wildman–Crippen LogP) is 1.50. The highest BCUT2D eigenvalue weighted by Gasteiger charge is 2.28. The Morgan fingerprint density at radius 3 is 2.52 bits per heavy atom. The number of halogens is 1. The van der Waals surface area contributed by atoms with Crippen molar-refractivity contribution in [2.75, 3.05) is 32.7 Å². The minimum Gasteiger partial charge on any atom is -0.463 e. The molecule has 2 heterocycles. The summed E-state index contributed by atoms with van der Waals surface area (Å²) in [5.41, 5.74) is 2.43. The second-order valence-electron chi connectivity index (χ2n) is 5.94. The third-order valence-corrected chi connectivity index (χ3v) is 6.52. The monoisotopic (exact) mass is 454 g/mol. The lowest BCUT2D eigenvalue weighted by Crippen LogP contribution is -2.50. The van der Waals surface area contributed by atoms with Gasteiger partial charge in [-0.15, -0.1) is 0 Å². The molecule has 0 bridgehead atoms. The fourth-order valence-electron chi connectivity index (χ4n) is 2.65. The van der Waals surface area contributed by atoms with E-state index in [1.165, 1.54) is 16.8 Å². The predicted molar refractivity (Wildman–Crippen MR) is 104 cm³/mol. The van der Waals surface area contributed by atoms with Gasteiger partial charge in [-0.05, 0) is 36.4 Å². The van der Waals surface area contributed by atoms with Crippen LogP contribution in [-0.4, -0.2) is 62.5 Å². The Morgan fingerprint density at radius 1 is 1.19 bits per heavy atom. The van der Waals surface area contributed by atoms with Crippen LogP contribution in [0.4, 0.5) is 0 Å². The third kappa shape index (κ3) is 5.25. The zero-order chi connectivity index (χ0) is 19.3. The first-order chi connectivity index (χ1) is 12.9. The maximum Gasteiger partial charge on any atom is 0.254 e. The maximum atomic E-state index is 12.7. The average molecular weight is 455 g/mol. The van der Waals surface area contributed by atoms with Crippen LogP contribution in [0.3, 0.4) is 0 Å². The Hall–Kier alpha value is -2.01. The number of carbonyl (C=O) groups is 1.